The molecule has 1 amide bonds. The number of pyridine rings is 1. The zero-order valence-electron chi connectivity index (χ0n) is 19.5. The highest BCUT2D eigenvalue weighted by Gasteiger charge is 2.35. The largest absolute Gasteiger partial charge is 0.348 e. The molecule has 11 heteroatoms. The van der Waals surface area contributed by atoms with Crippen molar-refractivity contribution in [2.45, 2.75) is 26.3 Å². The molecule has 4 aromatic rings. The van der Waals surface area contributed by atoms with Crippen LogP contribution in [0.25, 0.3) is 10.3 Å². The first-order chi connectivity index (χ1) is 17.3. The van der Waals surface area contributed by atoms with Crippen molar-refractivity contribution in [1.29, 1.82) is 0 Å². The number of carbonyl (C=O) groups is 2. The third kappa shape index (κ3) is 4.78. The SMILES string of the molecule is Cc1nc2nc(NC(C)c3cncc(F)c3)nc(C(=O)N3CC(CC(=O)c4ccccc4F)C3)c2s1. The molecule has 1 aliphatic rings. The molecule has 1 N–H and O–H groups in total. The first kappa shape index (κ1) is 23.9. The number of fused-ring (bicyclic) bond motifs is 1. The van der Waals surface area contributed by atoms with Crippen molar-refractivity contribution in [2.24, 2.45) is 5.92 Å². The topological polar surface area (TPSA) is 101 Å². The third-order valence-corrected chi connectivity index (χ3v) is 6.99. The molecule has 0 radical (unpaired) electrons. The minimum absolute atomic E-state index is 0.0559. The number of halogens is 2. The summed E-state index contributed by atoms with van der Waals surface area (Å²) in [5.41, 5.74) is 1.29. The molecule has 0 bridgehead atoms. The molecule has 0 spiro atoms. The van der Waals surface area contributed by atoms with Crippen molar-refractivity contribution < 1.29 is 18.4 Å². The van der Waals surface area contributed by atoms with Gasteiger partial charge in [0.2, 0.25) is 5.95 Å². The lowest BCUT2D eigenvalue weighted by Crippen LogP contribution is -2.50. The van der Waals surface area contributed by atoms with Crippen LogP contribution in [-0.4, -0.2) is 49.6 Å². The number of hydrogen-bond acceptors (Lipinski definition) is 8. The van der Waals surface area contributed by atoms with Gasteiger partial charge >= 0.3 is 0 Å². The molecule has 5 rings (SSSR count). The maximum absolute atomic E-state index is 13.9. The molecular weight excluding hydrogens is 486 g/mol. The molecular formula is C25H22F2N6O2S. The standard InChI is InChI=1S/C25H22F2N6O2S/c1-13(16-8-17(26)10-28-9-16)29-25-31-21(22-23(32-25)30-14(2)36-22)24(35)33-11-15(12-33)7-20(34)18-5-3-4-6-19(18)27/h3-6,8-10,13,15H,7,11-12H2,1-2H3,(H,29,31,32). The van der Waals surface area contributed by atoms with Gasteiger partial charge in [0.15, 0.2) is 17.1 Å². The number of Topliss-reactive ketones (excluding diaryl/α,β-unsaturated/α-hetero) is 1. The fourth-order valence-corrected chi connectivity index (χ4v) is 4.99. The highest BCUT2D eigenvalue weighted by molar-refractivity contribution is 7.18. The van der Waals surface area contributed by atoms with Crippen LogP contribution in [0.5, 0.6) is 0 Å². The summed E-state index contributed by atoms with van der Waals surface area (Å²) in [6, 6.07) is 6.90. The van der Waals surface area contributed by atoms with E-state index in [9.17, 15) is 18.4 Å². The average molecular weight is 509 g/mol. The minimum Gasteiger partial charge on any atom is -0.348 e. The molecule has 36 heavy (non-hydrogen) atoms. The van der Waals surface area contributed by atoms with Gasteiger partial charge in [-0.1, -0.05) is 12.1 Å². The quantitative estimate of drug-likeness (QED) is 0.365. The molecule has 1 saturated heterocycles. The van der Waals surface area contributed by atoms with Crippen LogP contribution in [0.3, 0.4) is 0 Å². The van der Waals surface area contributed by atoms with Crippen LogP contribution in [0.4, 0.5) is 14.7 Å². The van der Waals surface area contributed by atoms with E-state index in [-0.39, 0.29) is 47.3 Å². The van der Waals surface area contributed by atoms with E-state index in [0.717, 1.165) is 11.2 Å². The van der Waals surface area contributed by atoms with Gasteiger partial charge in [0.1, 0.15) is 16.3 Å². The number of hydrogen-bond donors (Lipinski definition) is 1. The average Bonchev–Trinajstić information content (AvgIpc) is 3.20. The number of benzene rings is 1. The van der Waals surface area contributed by atoms with Crippen molar-refractivity contribution in [1.82, 2.24) is 24.8 Å². The number of nitrogens with one attached hydrogen (secondary N) is 1. The van der Waals surface area contributed by atoms with Crippen LogP contribution < -0.4 is 5.32 Å². The fourth-order valence-electron chi connectivity index (χ4n) is 4.15. The van der Waals surface area contributed by atoms with Gasteiger partial charge in [0, 0.05) is 31.6 Å². The molecule has 1 atom stereocenters. The van der Waals surface area contributed by atoms with Crippen LogP contribution in [0, 0.1) is 24.5 Å². The Kier molecular flexibility index (Phi) is 6.40. The maximum Gasteiger partial charge on any atom is 0.274 e. The number of amides is 1. The lowest BCUT2D eigenvalue weighted by molar-refractivity contribution is 0.0465. The Labute approximate surface area is 209 Å². The number of thiazole rings is 1. The molecule has 3 aromatic heterocycles. The van der Waals surface area contributed by atoms with Crippen LogP contribution in [0.15, 0.2) is 42.7 Å². The van der Waals surface area contributed by atoms with Crippen molar-refractivity contribution >= 4 is 39.3 Å². The van der Waals surface area contributed by atoms with Crippen LogP contribution in [0.2, 0.25) is 0 Å². The monoisotopic (exact) mass is 508 g/mol. The van der Waals surface area contributed by atoms with Crippen molar-refractivity contribution in [3.8, 4) is 0 Å². The van der Waals surface area contributed by atoms with Gasteiger partial charge in [-0.2, -0.15) is 4.98 Å². The molecule has 8 nitrogen and oxygen atoms in total. The predicted octanol–water partition coefficient (Wildman–Crippen LogP) is 4.59. The summed E-state index contributed by atoms with van der Waals surface area (Å²) >= 11 is 1.33. The lowest BCUT2D eigenvalue weighted by atomic mass is 9.91. The highest BCUT2D eigenvalue weighted by Crippen LogP contribution is 2.30. The van der Waals surface area contributed by atoms with E-state index in [1.165, 1.54) is 29.5 Å². The molecule has 184 valence electrons. The van der Waals surface area contributed by atoms with E-state index >= 15 is 0 Å². The summed E-state index contributed by atoms with van der Waals surface area (Å²) in [4.78, 5) is 44.6. The van der Waals surface area contributed by atoms with Gasteiger partial charge in [-0.15, -0.1) is 11.3 Å². The second kappa shape index (κ2) is 9.65. The Morgan fingerprint density at radius 3 is 2.69 bits per heavy atom. The van der Waals surface area contributed by atoms with Crippen LogP contribution >= 0.6 is 11.3 Å². The number of carbonyl (C=O) groups excluding carboxylic acids is 2. The molecule has 1 unspecified atom stereocenters. The van der Waals surface area contributed by atoms with Crippen molar-refractivity contribution in [3.05, 3.63) is 76.2 Å². The number of aryl methyl sites for hydroxylation is 1. The van der Waals surface area contributed by atoms with E-state index in [1.807, 2.05) is 13.8 Å². The summed E-state index contributed by atoms with van der Waals surface area (Å²) in [6.45, 7) is 4.38. The number of rotatable bonds is 7. The Balaban J connectivity index is 1.32. The van der Waals surface area contributed by atoms with Gasteiger partial charge in [-0.3, -0.25) is 14.6 Å². The second-order valence-electron chi connectivity index (χ2n) is 8.77. The number of likely N-dealkylation sites (tertiary alicyclic amines) is 1. The second-order valence-corrected chi connectivity index (χ2v) is 9.97. The van der Waals surface area contributed by atoms with Gasteiger partial charge < -0.3 is 10.2 Å². The summed E-state index contributed by atoms with van der Waals surface area (Å²) in [7, 11) is 0. The van der Waals surface area contributed by atoms with E-state index in [2.05, 4.69) is 25.3 Å². The van der Waals surface area contributed by atoms with E-state index in [0.29, 0.717) is 29.0 Å². The predicted molar refractivity (Wildman–Crippen MR) is 131 cm³/mol. The number of nitrogens with zero attached hydrogens (tertiary/aromatic N) is 5. The minimum atomic E-state index is -0.540. The van der Waals surface area contributed by atoms with Gasteiger partial charge in [0.05, 0.1) is 22.8 Å². The van der Waals surface area contributed by atoms with Crippen LogP contribution in [-0.2, 0) is 0 Å². The highest BCUT2D eigenvalue weighted by atomic mass is 32.1. The molecule has 0 aliphatic carbocycles. The maximum atomic E-state index is 13.9. The van der Waals surface area contributed by atoms with Gasteiger partial charge in [-0.05, 0) is 37.6 Å². The van der Waals surface area contributed by atoms with Crippen molar-refractivity contribution in [2.75, 3.05) is 18.4 Å². The summed E-state index contributed by atoms with van der Waals surface area (Å²) in [5.74, 6) is -1.42. The van der Waals surface area contributed by atoms with Crippen molar-refractivity contribution in [3.63, 3.8) is 0 Å². The Hall–Kier alpha value is -3.86. The summed E-state index contributed by atoms with van der Waals surface area (Å²) < 4.78 is 28.1. The zero-order valence-corrected chi connectivity index (χ0v) is 20.4. The zero-order chi connectivity index (χ0) is 25.4. The number of ketones is 1. The first-order valence-electron chi connectivity index (χ1n) is 11.4. The Morgan fingerprint density at radius 2 is 1.94 bits per heavy atom. The number of aromatic nitrogens is 4. The van der Waals surface area contributed by atoms with E-state index in [4.69, 9.17) is 0 Å². The number of anilines is 1. The normalized spacial score (nSPS) is 14.5. The molecule has 1 aliphatic heterocycles. The van der Waals surface area contributed by atoms with E-state index < -0.39 is 11.6 Å². The van der Waals surface area contributed by atoms with E-state index in [1.54, 1.807) is 23.2 Å². The molecule has 1 fully saturated rings. The van der Waals surface area contributed by atoms with Gasteiger partial charge in [-0.25, -0.2) is 18.7 Å². The van der Waals surface area contributed by atoms with Gasteiger partial charge in [0.25, 0.3) is 5.91 Å². The fraction of sp³-hybridized carbons (Fsp3) is 0.280. The van der Waals surface area contributed by atoms with Crippen LogP contribution in [0.1, 0.15) is 50.8 Å². The smallest absolute Gasteiger partial charge is 0.274 e. The molecule has 0 saturated carbocycles. The molecule has 1 aromatic carbocycles. The molecule has 4 heterocycles. The lowest BCUT2D eigenvalue weighted by Gasteiger charge is -2.38. The first-order valence-corrected chi connectivity index (χ1v) is 12.2. The summed E-state index contributed by atoms with van der Waals surface area (Å²) in [6.07, 6.45) is 2.83. The third-order valence-electron chi connectivity index (χ3n) is 6.03. The Morgan fingerprint density at radius 1 is 1.17 bits per heavy atom. The summed E-state index contributed by atoms with van der Waals surface area (Å²) in [5, 5.41) is 3.84. The Bertz CT molecular complexity index is 1470.